The Labute approximate surface area is 204 Å². The molecular weight excluding hydrogens is 423 g/mol. The minimum Gasteiger partial charge on any atom is -0.491 e. The summed E-state index contributed by atoms with van der Waals surface area (Å²) in [6.45, 7) is 6.38. The van der Waals surface area contributed by atoms with E-state index in [1.807, 2.05) is 50.5 Å². The molecule has 182 valence electrons. The molecule has 0 saturated carbocycles. The van der Waals surface area contributed by atoms with Crippen molar-refractivity contribution in [2.24, 2.45) is 5.92 Å². The molecular formula is C30H39FN2O. The lowest BCUT2D eigenvalue weighted by Crippen LogP contribution is -2.15. The van der Waals surface area contributed by atoms with Crippen molar-refractivity contribution in [1.82, 2.24) is 9.97 Å². The second-order valence-electron chi connectivity index (χ2n) is 9.57. The molecule has 0 N–H and O–H groups in total. The van der Waals surface area contributed by atoms with Crippen molar-refractivity contribution in [1.29, 1.82) is 0 Å². The van der Waals surface area contributed by atoms with Crippen LogP contribution in [0.1, 0.15) is 71.3 Å². The number of aryl methyl sites for hydroxylation is 1. The zero-order chi connectivity index (χ0) is 24.2. The van der Waals surface area contributed by atoms with Crippen molar-refractivity contribution < 1.29 is 9.13 Å². The Balaban J connectivity index is 1.50. The van der Waals surface area contributed by atoms with Crippen LogP contribution >= 0.6 is 0 Å². The monoisotopic (exact) mass is 462 g/mol. The van der Waals surface area contributed by atoms with Crippen LogP contribution in [-0.2, 0) is 6.42 Å². The van der Waals surface area contributed by atoms with Gasteiger partial charge < -0.3 is 4.74 Å². The maximum atomic E-state index is 13.8. The van der Waals surface area contributed by atoms with Gasteiger partial charge >= 0.3 is 0 Å². The van der Waals surface area contributed by atoms with E-state index in [1.54, 1.807) is 0 Å². The first-order valence-electron chi connectivity index (χ1n) is 12.8. The molecule has 0 radical (unpaired) electrons. The van der Waals surface area contributed by atoms with E-state index in [9.17, 15) is 4.39 Å². The van der Waals surface area contributed by atoms with Crippen molar-refractivity contribution in [2.45, 2.75) is 78.3 Å². The van der Waals surface area contributed by atoms with Gasteiger partial charge in [0.15, 0.2) is 5.82 Å². The molecule has 2 aromatic carbocycles. The molecule has 1 atom stereocenters. The number of benzene rings is 2. The van der Waals surface area contributed by atoms with Crippen LogP contribution in [0.15, 0.2) is 60.9 Å². The molecule has 0 spiro atoms. The van der Waals surface area contributed by atoms with E-state index in [1.165, 1.54) is 44.1 Å². The number of alkyl halides is 1. The van der Waals surface area contributed by atoms with Gasteiger partial charge in [-0.05, 0) is 48.4 Å². The molecule has 1 heterocycles. The molecule has 1 aromatic heterocycles. The van der Waals surface area contributed by atoms with Crippen LogP contribution in [0.3, 0.4) is 0 Å². The average molecular weight is 463 g/mol. The lowest BCUT2D eigenvalue weighted by Gasteiger charge is -2.12. The molecule has 3 rings (SSSR count). The van der Waals surface area contributed by atoms with Gasteiger partial charge in [0.2, 0.25) is 0 Å². The lowest BCUT2D eigenvalue weighted by atomic mass is 10.0. The molecule has 3 nitrogen and oxygen atoms in total. The molecule has 0 aliphatic rings. The van der Waals surface area contributed by atoms with E-state index in [0.717, 1.165) is 28.9 Å². The summed E-state index contributed by atoms with van der Waals surface area (Å²) in [6.07, 6.45) is 12.3. The molecule has 0 fully saturated rings. The van der Waals surface area contributed by atoms with Crippen LogP contribution < -0.4 is 4.74 Å². The molecule has 34 heavy (non-hydrogen) atoms. The van der Waals surface area contributed by atoms with Gasteiger partial charge in [-0.3, -0.25) is 0 Å². The fourth-order valence-electron chi connectivity index (χ4n) is 4.07. The van der Waals surface area contributed by atoms with Crippen molar-refractivity contribution in [3.63, 3.8) is 0 Å². The smallest absolute Gasteiger partial charge is 0.159 e. The van der Waals surface area contributed by atoms with Gasteiger partial charge in [-0.15, -0.1) is 0 Å². The molecule has 0 saturated heterocycles. The molecule has 3 aromatic rings. The maximum Gasteiger partial charge on any atom is 0.159 e. The molecule has 4 heteroatoms. The van der Waals surface area contributed by atoms with E-state index in [-0.39, 0.29) is 6.61 Å². The first-order chi connectivity index (χ1) is 16.5. The summed E-state index contributed by atoms with van der Waals surface area (Å²) in [6, 6.07) is 16.3. The SMILES string of the molecule is CCCCCCCCc1ccc(-c2ncc(-c3ccc(OCC(F)CC(C)C)cc3)cn2)cc1. The van der Waals surface area contributed by atoms with Gasteiger partial charge in [-0.2, -0.15) is 0 Å². The second kappa shape index (κ2) is 13.8. The Kier molecular flexibility index (Phi) is 10.5. The molecule has 1 unspecified atom stereocenters. The van der Waals surface area contributed by atoms with Crippen molar-refractivity contribution in [2.75, 3.05) is 6.61 Å². The van der Waals surface area contributed by atoms with Gasteiger partial charge in [0, 0.05) is 23.5 Å². The second-order valence-corrected chi connectivity index (χ2v) is 9.57. The summed E-state index contributed by atoms with van der Waals surface area (Å²) in [5, 5.41) is 0. The minimum atomic E-state index is -0.940. The molecule has 0 aliphatic carbocycles. The third-order valence-electron chi connectivity index (χ3n) is 6.03. The van der Waals surface area contributed by atoms with Crippen molar-refractivity contribution in [3.8, 4) is 28.3 Å². The van der Waals surface area contributed by atoms with Crippen LogP contribution in [0.25, 0.3) is 22.5 Å². The molecule has 0 aliphatic heterocycles. The third kappa shape index (κ3) is 8.55. The Morgan fingerprint density at radius 3 is 2.03 bits per heavy atom. The summed E-state index contributed by atoms with van der Waals surface area (Å²) in [5.74, 6) is 1.73. The number of aromatic nitrogens is 2. The fourth-order valence-corrected chi connectivity index (χ4v) is 4.07. The van der Waals surface area contributed by atoms with Crippen molar-refractivity contribution >= 4 is 0 Å². The molecule has 0 amide bonds. The van der Waals surface area contributed by atoms with Crippen LogP contribution in [0.2, 0.25) is 0 Å². The first kappa shape index (κ1) is 25.9. The number of ether oxygens (including phenoxy) is 1. The van der Waals surface area contributed by atoms with Gasteiger partial charge in [-0.1, -0.05) is 89.3 Å². The fraction of sp³-hybridized carbons (Fsp3) is 0.467. The summed E-state index contributed by atoms with van der Waals surface area (Å²) >= 11 is 0. The van der Waals surface area contributed by atoms with Gasteiger partial charge in [0.1, 0.15) is 18.5 Å². The lowest BCUT2D eigenvalue weighted by molar-refractivity contribution is 0.174. The number of hydrogen-bond acceptors (Lipinski definition) is 3. The highest BCUT2D eigenvalue weighted by Gasteiger charge is 2.10. The van der Waals surface area contributed by atoms with Crippen LogP contribution in [-0.4, -0.2) is 22.7 Å². The predicted molar refractivity (Wildman–Crippen MR) is 140 cm³/mol. The van der Waals surface area contributed by atoms with Crippen LogP contribution in [0.5, 0.6) is 5.75 Å². The highest BCUT2D eigenvalue weighted by Crippen LogP contribution is 2.24. The van der Waals surface area contributed by atoms with Gasteiger partial charge in [-0.25, -0.2) is 14.4 Å². The summed E-state index contributed by atoms with van der Waals surface area (Å²) in [4.78, 5) is 9.15. The van der Waals surface area contributed by atoms with Crippen molar-refractivity contribution in [3.05, 3.63) is 66.5 Å². The van der Waals surface area contributed by atoms with E-state index < -0.39 is 6.17 Å². The summed E-state index contributed by atoms with van der Waals surface area (Å²) < 4.78 is 19.4. The van der Waals surface area contributed by atoms with Gasteiger partial charge in [0.05, 0.1) is 0 Å². The Bertz CT molecular complexity index is 953. The van der Waals surface area contributed by atoms with Crippen LogP contribution in [0, 0.1) is 5.92 Å². The van der Waals surface area contributed by atoms with E-state index >= 15 is 0 Å². The highest BCUT2D eigenvalue weighted by atomic mass is 19.1. The minimum absolute atomic E-state index is 0.0904. The molecule has 0 bridgehead atoms. The van der Waals surface area contributed by atoms with E-state index in [2.05, 4.69) is 41.2 Å². The number of rotatable bonds is 14. The van der Waals surface area contributed by atoms with E-state index in [0.29, 0.717) is 18.1 Å². The number of hydrogen-bond donors (Lipinski definition) is 0. The Hall–Kier alpha value is -2.75. The normalized spacial score (nSPS) is 12.1. The number of halogens is 1. The third-order valence-corrected chi connectivity index (χ3v) is 6.03. The summed E-state index contributed by atoms with van der Waals surface area (Å²) in [7, 11) is 0. The topological polar surface area (TPSA) is 35.0 Å². The largest absolute Gasteiger partial charge is 0.491 e. The zero-order valence-electron chi connectivity index (χ0n) is 21.0. The van der Waals surface area contributed by atoms with Gasteiger partial charge in [0.25, 0.3) is 0 Å². The average Bonchev–Trinajstić information content (AvgIpc) is 2.85. The quantitative estimate of drug-likeness (QED) is 0.225. The predicted octanol–water partition coefficient (Wildman–Crippen LogP) is 8.48. The number of unbranched alkanes of at least 4 members (excludes halogenated alkanes) is 5. The zero-order valence-corrected chi connectivity index (χ0v) is 21.0. The van der Waals surface area contributed by atoms with Crippen LogP contribution in [0.4, 0.5) is 4.39 Å². The summed E-state index contributed by atoms with van der Waals surface area (Å²) in [5.41, 5.74) is 4.36. The standard InChI is InChI=1S/C30H39FN2O/c1-4-5-6-7-8-9-10-24-11-13-26(14-12-24)30-32-20-27(21-33-30)25-15-17-29(18-16-25)34-22-28(31)19-23(2)3/h11-18,20-21,23,28H,4-10,19,22H2,1-3H3. The maximum absolute atomic E-state index is 13.8. The Morgan fingerprint density at radius 2 is 1.38 bits per heavy atom. The highest BCUT2D eigenvalue weighted by molar-refractivity contribution is 5.64. The Morgan fingerprint density at radius 1 is 0.765 bits per heavy atom. The number of nitrogens with zero attached hydrogens (tertiary/aromatic N) is 2. The first-order valence-corrected chi connectivity index (χ1v) is 12.8. The van der Waals surface area contributed by atoms with E-state index in [4.69, 9.17) is 4.74 Å².